The van der Waals surface area contributed by atoms with Gasteiger partial charge < -0.3 is 9.88 Å². The molecule has 19 heavy (non-hydrogen) atoms. The molecule has 0 saturated carbocycles. The van der Waals surface area contributed by atoms with E-state index >= 15 is 0 Å². The van der Waals surface area contributed by atoms with Crippen molar-refractivity contribution in [3.8, 4) is 0 Å². The average molecular weight is 280 g/mol. The van der Waals surface area contributed by atoms with Gasteiger partial charge in [0.1, 0.15) is 0 Å². The molecule has 0 amide bonds. The Balaban J connectivity index is 2.15. The van der Waals surface area contributed by atoms with Gasteiger partial charge in [-0.1, -0.05) is 11.6 Å². The molecule has 1 aromatic carbocycles. The summed E-state index contributed by atoms with van der Waals surface area (Å²) in [5.41, 5.74) is 1.70. The van der Waals surface area contributed by atoms with E-state index in [0.29, 0.717) is 17.3 Å². The maximum atomic E-state index is 10.7. The Morgan fingerprint density at radius 1 is 1.42 bits per heavy atom. The highest BCUT2D eigenvalue weighted by Gasteiger charge is 2.09. The molecule has 2 aromatic rings. The molecule has 0 aliphatic carbocycles. The number of hydrogen-bond acceptors (Lipinski definition) is 3. The monoisotopic (exact) mass is 279 g/mol. The summed E-state index contributed by atoms with van der Waals surface area (Å²) in [4.78, 5) is 10.3. The van der Waals surface area contributed by atoms with E-state index in [1.165, 1.54) is 18.2 Å². The molecule has 0 aliphatic rings. The molecule has 1 heterocycles. The number of nitro groups is 1. The molecule has 0 spiro atoms. The summed E-state index contributed by atoms with van der Waals surface area (Å²) in [7, 11) is 0. The molecule has 5 nitrogen and oxygen atoms in total. The number of halogens is 1. The summed E-state index contributed by atoms with van der Waals surface area (Å²) < 4.78 is 2.10. The van der Waals surface area contributed by atoms with Crippen LogP contribution in [0.4, 0.5) is 11.4 Å². The van der Waals surface area contributed by atoms with E-state index < -0.39 is 4.92 Å². The molecule has 0 aliphatic heterocycles. The maximum Gasteiger partial charge on any atom is 0.271 e. The smallest absolute Gasteiger partial charge is 0.271 e. The van der Waals surface area contributed by atoms with Crippen molar-refractivity contribution in [1.29, 1.82) is 0 Å². The Labute approximate surface area is 116 Å². The van der Waals surface area contributed by atoms with Crippen LogP contribution in [0.5, 0.6) is 0 Å². The molecule has 0 atom stereocenters. The zero-order chi connectivity index (χ0) is 13.8. The van der Waals surface area contributed by atoms with E-state index in [9.17, 15) is 10.1 Å². The van der Waals surface area contributed by atoms with Crippen LogP contribution in [0.15, 0.2) is 36.5 Å². The van der Waals surface area contributed by atoms with Gasteiger partial charge in [0, 0.05) is 30.6 Å². The number of nitro benzene ring substituents is 1. The third kappa shape index (κ3) is 3.06. The standard InChI is InChI=1S/C13H14ClN3O2/c1-2-16-7-3-4-11(16)9-15-13-8-10(17(18)19)5-6-12(13)14/h3-8,15H,2,9H2,1H3. The zero-order valence-corrected chi connectivity index (χ0v) is 11.2. The van der Waals surface area contributed by atoms with Crippen molar-refractivity contribution in [3.05, 3.63) is 57.4 Å². The van der Waals surface area contributed by atoms with Crippen LogP contribution in [0.25, 0.3) is 0 Å². The van der Waals surface area contributed by atoms with Crippen molar-refractivity contribution in [2.75, 3.05) is 5.32 Å². The van der Waals surface area contributed by atoms with E-state index in [1.807, 2.05) is 18.3 Å². The third-order valence-corrected chi connectivity index (χ3v) is 3.21. The van der Waals surface area contributed by atoms with Crippen LogP contribution in [0.2, 0.25) is 5.02 Å². The SMILES string of the molecule is CCn1cccc1CNc1cc([N+](=O)[O-])ccc1Cl. The normalized spacial score (nSPS) is 10.4. The summed E-state index contributed by atoms with van der Waals surface area (Å²) in [6.07, 6.45) is 1.99. The zero-order valence-electron chi connectivity index (χ0n) is 10.5. The van der Waals surface area contributed by atoms with Crippen LogP contribution in [0.1, 0.15) is 12.6 Å². The fraction of sp³-hybridized carbons (Fsp3) is 0.231. The van der Waals surface area contributed by atoms with Crippen LogP contribution in [-0.2, 0) is 13.1 Å². The first-order chi connectivity index (χ1) is 9.11. The Morgan fingerprint density at radius 2 is 2.21 bits per heavy atom. The maximum absolute atomic E-state index is 10.7. The molecule has 6 heteroatoms. The van der Waals surface area contributed by atoms with E-state index in [4.69, 9.17) is 11.6 Å². The Hall–Kier alpha value is -2.01. The number of aryl methyl sites for hydroxylation is 1. The molecule has 1 aromatic heterocycles. The van der Waals surface area contributed by atoms with E-state index in [0.717, 1.165) is 12.2 Å². The van der Waals surface area contributed by atoms with Crippen molar-refractivity contribution in [2.45, 2.75) is 20.0 Å². The second kappa shape index (κ2) is 5.75. The van der Waals surface area contributed by atoms with Gasteiger partial charge in [-0.3, -0.25) is 10.1 Å². The summed E-state index contributed by atoms with van der Waals surface area (Å²) in [5, 5.41) is 14.3. The minimum atomic E-state index is -0.434. The highest BCUT2D eigenvalue weighted by molar-refractivity contribution is 6.33. The van der Waals surface area contributed by atoms with Crippen LogP contribution in [-0.4, -0.2) is 9.49 Å². The molecular formula is C13H14ClN3O2. The van der Waals surface area contributed by atoms with Gasteiger partial charge in [-0.15, -0.1) is 0 Å². The van der Waals surface area contributed by atoms with Gasteiger partial charge in [0.2, 0.25) is 0 Å². The van der Waals surface area contributed by atoms with E-state index in [-0.39, 0.29) is 5.69 Å². The molecule has 1 N–H and O–H groups in total. The van der Waals surface area contributed by atoms with Gasteiger partial charge in [0.15, 0.2) is 0 Å². The molecule has 0 saturated heterocycles. The third-order valence-electron chi connectivity index (χ3n) is 2.88. The summed E-state index contributed by atoms with van der Waals surface area (Å²) in [6, 6.07) is 8.34. The number of benzene rings is 1. The lowest BCUT2D eigenvalue weighted by atomic mass is 10.2. The first kappa shape index (κ1) is 13.4. The first-order valence-electron chi connectivity index (χ1n) is 5.93. The lowest BCUT2D eigenvalue weighted by Gasteiger charge is -2.10. The molecule has 0 fully saturated rings. The van der Waals surface area contributed by atoms with Crippen LogP contribution >= 0.6 is 11.6 Å². The first-order valence-corrected chi connectivity index (χ1v) is 6.31. The molecular weight excluding hydrogens is 266 g/mol. The molecule has 100 valence electrons. The minimum Gasteiger partial charge on any atom is -0.378 e. The number of nitrogens with zero attached hydrogens (tertiary/aromatic N) is 2. The highest BCUT2D eigenvalue weighted by Crippen LogP contribution is 2.27. The van der Waals surface area contributed by atoms with E-state index in [1.54, 1.807) is 0 Å². The lowest BCUT2D eigenvalue weighted by Crippen LogP contribution is -2.06. The second-order valence-corrected chi connectivity index (χ2v) is 4.47. The molecule has 2 rings (SSSR count). The van der Waals surface area contributed by atoms with Crippen LogP contribution in [0, 0.1) is 10.1 Å². The van der Waals surface area contributed by atoms with Gasteiger partial charge >= 0.3 is 0 Å². The fourth-order valence-corrected chi connectivity index (χ4v) is 2.05. The highest BCUT2D eigenvalue weighted by atomic mass is 35.5. The van der Waals surface area contributed by atoms with Gasteiger partial charge in [0.25, 0.3) is 5.69 Å². The number of non-ortho nitro benzene ring substituents is 1. The Bertz CT molecular complexity index is 595. The van der Waals surface area contributed by atoms with Crippen molar-refractivity contribution < 1.29 is 4.92 Å². The predicted octanol–water partition coefficient (Wildman–Crippen LogP) is 3.68. The van der Waals surface area contributed by atoms with Gasteiger partial charge in [-0.2, -0.15) is 0 Å². The lowest BCUT2D eigenvalue weighted by molar-refractivity contribution is -0.384. The fourth-order valence-electron chi connectivity index (χ4n) is 1.87. The second-order valence-electron chi connectivity index (χ2n) is 4.06. The van der Waals surface area contributed by atoms with Crippen molar-refractivity contribution in [2.24, 2.45) is 0 Å². The van der Waals surface area contributed by atoms with Crippen molar-refractivity contribution in [1.82, 2.24) is 4.57 Å². The Kier molecular flexibility index (Phi) is 4.06. The summed E-state index contributed by atoms with van der Waals surface area (Å²) >= 11 is 6.02. The van der Waals surface area contributed by atoms with Crippen LogP contribution in [0.3, 0.4) is 0 Å². The number of nitrogens with one attached hydrogen (secondary N) is 1. The average Bonchev–Trinajstić information content (AvgIpc) is 2.85. The number of aromatic nitrogens is 1. The largest absolute Gasteiger partial charge is 0.378 e. The number of anilines is 1. The molecule has 0 radical (unpaired) electrons. The van der Waals surface area contributed by atoms with Crippen molar-refractivity contribution >= 4 is 23.0 Å². The topological polar surface area (TPSA) is 60.1 Å². The van der Waals surface area contributed by atoms with E-state index in [2.05, 4.69) is 16.8 Å². The van der Waals surface area contributed by atoms with Crippen LogP contribution < -0.4 is 5.32 Å². The quantitative estimate of drug-likeness (QED) is 0.671. The van der Waals surface area contributed by atoms with Gasteiger partial charge in [-0.05, 0) is 25.1 Å². The minimum absolute atomic E-state index is 0.0257. The molecule has 0 unspecified atom stereocenters. The summed E-state index contributed by atoms with van der Waals surface area (Å²) in [5.74, 6) is 0. The molecule has 0 bridgehead atoms. The van der Waals surface area contributed by atoms with Gasteiger partial charge in [0.05, 0.1) is 22.2 Å². The summed E-state index contributed by atoms with van der Waals surface area (Å²) in [6.45, 7) is 3.51. The predicted molar refractivity (Wildman–Crippen MR) is 75.5 cm³/mol. The van der Waals surface area contributed by atoms with Gasteiger partial charge in [-0.25, -0.2) is 0 Å². The Morgan fingerprint density at radius 3 is 2.89 bits per heavy atom. The number of hydrogen-bond donors (Lipinski definition) is 1. The van der Waals surface area contributed by atoms with Crippen molar-refractivity contribution in [3.63, 3.8) is 0 Å². The number of rotatable bonds is 5.